The second-order valence-corrected chi connectivity index (χ2v) is 5.55. The normalized spacial score (nSPS) is 16.6. The highest BCUT2D eigenvalue weighted by Gasteiger charge is 2.19. The maximum absolute atomic E-state index is 12.2. The summed E-state index contributed by atoms with van der Waals surface area (Å²) in [7, 11) is 1.85. The summed E-state index contributed by atoms with van der Waals surface area (Å²) in [4.78, 5) is 18.0. The van der Waals surface area contributed by atoms with Crippen molar-refractivity contribution in [3.05, 3.63) is 28.5 Å². The second kappa shape index (κ2) is 6.29. The third-order valence-corrected chi connectivity index (χ3v) is 3.61. The Kier molecular flexibility index (Phi) is 4.72. The number of amides is 1. The predicted molar refractivity (Wildman–Crippen MR) is 72.4 cm³/mol. The lowest BCUT2D eigenvalue weighted by molar-refractivity contribution is 0.0497. The van der Waals surface area contributed by atoms with E-state index in [4.69, 9.17) is 4.74 Å². The molecule has 1 aromatic heterocycles. The van der Waals surface area contributed by atoms with Gasteiger partial charge in [0.2, 0.25) is 0 Å². The Morgan fingerprint density at radius 2 is 2.22 bits per heavy atom. The molecule has 98 valence electrons. The van der Waals surface area contributed by atoms with E-state index in [9.17, 15) is 4.79 Å². The van der Waals surface area contributed by atoms with Crippen LogP contribution in [0.25, 0.3) is 0 Å². The van der Waals surface area contributed by atoms with Crippen molar-refractivity contribution in [2.75, 3.05) is 26.8 Å². The van der Waals surface area contributed by atoms with Crippen LogP contribution < -0.4 is 0 Å². The Labute approximate surface area is 115 Å². The number of aromatic nitrogens is 1. The van der Waals surface area contributed by atoms with Gasteiger partial charge in [0.05, 0.1) is 5.56 Å². The number of nitrogens with zero attached hydrogens (tertiary/aromatic N) is 2. The quantitative estimate of drug-likeness (QED) is 0.860. The monoisotopic (exact) mass is 312 g/mol. The SMILES string of the molecule is CN(CC1CCOCC1)C(=O)c1cncc(Br)c1. The molecule has 1 aromatic rings. The zero-order valence-corrected chi connectivity index (χ0v) is 12.0. The average Bonchev–Trinajstić information content (AvgIpc) is 2.39. The molecule has 1 fully saturated rings. The standard InChI is InChI=1S/C13H17BrN2O2/c1-16(9-10-2-4-18-5-3-10)13(17)11-6-12(14)8-15-7-11/h6-8,10H,2-5,9H2,1H3. The molecule has 1 saturated heterocycles. The highest BCUT2D eigenvalue weighted by molar-refractivity contribution is 9.10. The van der Waals surface area contributed by atoms with Crippen molar-refractivity contribution >= 4 is 21.8 Å². The largest absolute Gasteiger partial charge is 0.381 e. The van der Waals surface area contributed by atoms with Crippen LogP contribution in [0.2, 0.25) is 0 Å². The first-order valence-electron chi connectivity index (χ1n) is 6.10. The maximum atomic E-state index is 12.2. The molecule has 0 aliphatic carbocycles. The molecule has 0 radical (unpaired) electrons. The van der Waals surface area contributed by atoms with Crippen LogP contribution in [0.15, 0.2) is 22.9 Å². The highest BCUT2D eigenvalue weighted by atomic mass is 79.9. The van der Waals surface area contributed by atoms with E-state index in [-0.39, 0.29) is 5.91 Å². The van der Waals surface area contributed by atoms with Crippen molar-refractivity contribution in [2.45, 2.75) is 12.8 Å². The fraction of sp³-hybridized carbons (Fsp3) is 0.538. The Balaban J connectivity index is 1.95. The van der Waals surface area contributed by atoms with Crippen LogP contribution >= 0.6 is 15.9 Å². The molecule has 1 aliphatic rings. The second-order valence-electron chi connectivity index (χ2n) is 4.63. The molecule has 18 heavy (non-hydrogen) atoms. The molecule has 1 amide bonds. The molecule has 1 aliphatic heterocycles. The molecule has 0 atom stereocenters. The van der Waals surface area contributed by atoms with Gasteiger partial charge in [0.1, 0.15) is 0 Å². The van der Waals surface area contributed by atoms with Gasteiger partial charge in [-0.05, 0) is 40.8 Å². The summed E-state index contributed by atoms with van der Waals surface area (Å²) in [6.45, 7) is 2.41. The van der Waals surface area contributed by atoms with E-state index in [1.165, 1.54) is 0 Å². The van der Waals surface area contributed by atoms with Crippen molar-refractivity contribution < 1.29 is 9.53 Å². The smallest absolute Gasteiger partial charge is 0.255 e. The Bertz CT molecular complexity index is 419. The van der Waals surface area contributed by atoms with E-state index < -0.39 is 0 Å². The fourth-order valence-electron chi connectivity index (χ4n) is 2.15. The van der Waals surface area contributed by atoms with Gasteiger partial charge < -0.3 is 9.64 Å². The number of carbonyl (C=O) groups excluding carboxylic acids is 1. The lowest BCUT2D eigenvalue weighted by Crippen LogP contribution is -2.34. The maximum Gasteiger partial charge on any atom is 0.255 e. The molecule has 4 nitrogen and oxygen atoms in total. The van der Waals surface area contributed by atoms with E-state index in [1.54, 1.807) is 23.4 Å². The molecular formula is C13H17BrN2O2. The third-order valence-electron chi connectivity index (χ3n) is 3.17. The van der Waals surface area contributed by atoms with Crippen LogP contribution in [0.4, 0.5) is 0 Å². The first kappa shape index (κ1) is 13.5. The molecule has 0 aromatic carbocycles. The van der Waals surface area contributed by atoms with Gasteiger partial charge in [-0.1, -0.05) is 0 Å². The summed E-state index contributed by atoms with van der Waals surface area (Å²) < 4.78 is 6.15. The van der Waals surface area contributed by atoms with Crippen molar-refractivity contribution in [1.82, 2.24) is 9.88 Å². The number of ether oxygens (including phenoxy) is 1. The topological polar surface area (TPSA) is 42.4 Å². The number of halogens is 1. The number of hydrogen-bond donors (Lipinski definition) is 0. The summed E-state index contributed by atoms with van der Waals surface area (Å²) in [6, 6.07) is 1.80. The molecule has 2 rings (SSSR count). The van der Waals surface area contributed by atoms with Crippen molar-refractivity contribution in [3.8, 4) is 0 Å². The van der Waals surface area contributed by atoms with Crippen LogP contribution in [-0.4, -0.2) is 42.6 Å². The van der Waals surface area contributed by atoms with E-state index in [1.807, 2.05) is 7.05 Å². The van der Waals surface area contributed by atoms with Crippen molar-refractivity contribution in [2.24, 2.45) is 5.92 Å². The van der Waals surface area contributed by atoms with Crippen LogP contribution in [0.5, 0.6) is 0 Å². The number of rotatable bonds is 3. The van der Waals surface area contributed by atoms with Gasteiger partial charge in [-0.15, -0.1) is 0 Å². The zero-order chi connectivity index (χ0) is 13.0. The highest BCUT2D eigenvalue weighted by Crippen LogP contribution is 2.17. The Hall–Kier alpha value is -0.940. The molecule has 0 bridgehead atoms. The minimum absolute atomic E-state index is 0.0234. The number of hydrogen-bond acceptors (Lipinski definition) is 3. The summed E-state index contributed by atoms with van der Waals surface area (Å²) in [6.07, 6.45) is 5.35. The number of carbonyl (C=O) groups is 1. The summed E-state index contributed by atoms with van der Waals surface area (Å²) >= 11 is 3.33. The summed E-state index contributed by atoms with van der Waals surface area (Å²) in [5, 5.41) is 0. The fourth-order valence-corrected chi connectivity index (χ4v) is 2.51. The van der Waals surface area contributed by atoms with Gasteiger partial charge in [-0.3, -0.25) is 9.78 Å². The van der Waals surface area contributed by atoms with Gasteiger partial charge in [-0.2, -0.15) is 0 Å². The predicted octanol–water partition coefficient (Wildman–Crippen LogP) is 2.34. The van der Waals surface area contributed by atoms with E-state index in [0.29, 0.717) is 11.5 Å². The van der Waals surface area contributed by atoms with Crippen molar-refractivity contribution in [1.29, 1.82) is 0 Å². The van der Waals surface area contributed by atoms with Crippen molar-refractivity contribution in [3.63, 3.8) is 0 Å². The Morgan fingerprint density at radius 3 is 2.89 bits per heavy atom. The minimum atomic E-state index is 0.0234. The molecule has 2 heterocycles. The van der Waals surface area contributed by atoms with E-state index >= 15 is 0 Å². The van der Waals surface area contributed by atoms with E-state index in [2.05, 4.69) is 20.9 Å². The minimum Gasteiger partial charge on any atom is -0.381 e. The first-order valence-corrected chi connectivity index (χ1v) is 6.90. The van der Waals surface area contributed by atoms with Gasteiger partial charge in [-0.25, -0.2) is 0 Å². The summed E-state index contributed by atoms with van der Waals surface area (Å²) in [5.41, 5.74) is 0.624. The van der Waals surface area contributed by atoms with Crippen LogP contribution in [0.3, 0.4) is 0 Å². The van der Waals surface area contributed by atoms with Gasteiger partial charge >= 0.3 is 0 Å². The lowest BCUT2D eigenvalue weighted by Gasteiger charge is -2.27. The molecule has 0 saturated carbocycles. The molecule has 5 heteroatoms. The number of pyridine rings is 1. The molecule has 0 N–H and O–H groups in total. The van der Waals surface area contributed by atoms with Crippen LogP contribution in [0.1, 0.15) is 23.2 Å². The average molecular weight is 313 g/mol. The van der Waals surface area contributed by atoms with Gasteiger partial charge in [0.15, 0.2) is 0 Å². The lowest BCUT2D eigenvalue weighted by atomic mass is 10.00. The van der Waals surface area contributed by atoms with E-state index in [0.717, 1.165) is 37.1 Å². The van der Waals surface area contributed by atoms with Crippen LogP contribution in [0, 0.1) is 5.92 Å². The molecule has 0 spiro atoms. The zero-order valence-electron chi connectivity index (χ0n) is 10.4. The molecular weight excluding hydrogens is 296 g/mol. The first-order chi connectivity index (χ1) is 8.66. The van der Waals surface area contributed by atoms with Crippen LogP contribution in [-0.2, 0) is 4.74 Å². The Morgan fingerprint density at radius 1 is 1.50 bits per heavy atom. The van der Waals surface area contributed by atoms with Gasteiger partial charge in [0.25, 0.3) is 5.91 Å². The van der Waals surface area contributed by atoms with Gasteiger partial charge in [0, 0.05) is 43.7 Å². The molecule has 0 unspecified atom stereocenters. The summed E-state index contributed by atoms with van der Waals surface area (Å²) in [5.74, 6) is 0.572. The third kappa shape index (κ3) is 3.53.